The Bertz CT molecular complexity index is 585. The van der Waals surface area contributed by atoms with E-state index in [0.29, 0.717) is 11.1 Å². The summed E-state index contributed by atoms with van der Waals surface area (Å²) in [4.78, 5) is 22.7. The van der Waals surface area contributed by atoms with Crippen molar-refractivity contribution < 1.29 is 9.59 Å². The van der Waals surface area contributed by atoms with E-state index in [4.69, 9.17) is 23.2 Å². The Balaban J connectivity index is 2.42. The van der Waals surface area contributed by atoms with Gasteiger partial charge in [0.25, 0.3) is 10.5 Å². The van der Waals surface area contributed by atoms with E-state index in [1.165, 1.54) is 0 Å². The van der Waals surface area contributed by atoms with Crippen molar-refractivity contribution in [2.75, 3.05) is 0 Å². The maximum Gasteiger partial charge on any atom is 0.252 e. The first kappa shape index (κ1) is 14.0. The van der Waals surface area contributed by atoms with Gasteiger partial charge in [-0.2, -0.15) is 0 Å². The van der Waals surface area contributed by atoms with Crippen LogP contribution in [0.15, 0.2) is 48.5 Å². The van der Waals surface area contributed by atoms with Crippen LogP contribution >= 0.6 is 23.2 Å². The molecule has 0 spiro atoms. The largest absolute Gasteiger partial charge is 0.276 e. The van der Waals surface area contributed by atoms with E-state index < -0.39 is 20.0 Å². The van der Waals surface area contributed by atoms with Gasteiger partial charge in [0.05, 0.1) is 9.52 Å². The molecule has 0 fully saturated rings. The Hall–Kier alpha value is -1.42. The summed E-state index contributed by atoms with van der Waals surface area (Å²) in [5.74, 6) is 0. The van der Waals surface area contributed by atoms with Crippen LogP contribution in [0.25, 0.3) is 0 Å². The van der Waals surface area contributed by atoms with Crippen LogP contribution in [0.5, 0.6) is 0 Å². The molecule has 5 heteroatoms. The number of halogens is 2. The molecule has 0 N–H and O–H groups in total. The number of hydrogen-bond acceptors (Lipinski definition) is 2. The first-order chi connectivity index (χ1) is 9.09. The summed E-state index contributed by atoms with van der Waals surface area (Å²) in [7, 11) is -0.988. The number of hydrogen-bond donors (Lipinski definition) is 0. The lowest BCUT2D eigenvalue weighted by molar-refractivity contribution is 0.107. The van der Waals surface area contributed by atoms with Gasteiger partial charge in [0, 0.05) is 11.1 Å². The van der Waals surface area contributed by atoms with E-state index in [2.05, 4.69) is 0 Å². The van der Waals surface area contributed by atoms with Crippen LogP contribution in [0.4, 0.5) is 0 Å². The molecule has 0 aliphatic carbocycles. The molecule has 0 aliphatic rings. The fraction of sp³-hybridized carbons (Fsp3) is 0. The minimum absolute atomic E-state index is 0.474. The number of rotatable bonds is 4. The van der Waals surface area contributed by atoms with Crippen molar-refractivity contribution in [2.45, 2.75) is 0 Å². The summed E-state index contributed by atoms with van der Waals surface area (Å²) < 4.78 is 0. The van der Waals surface area contributed by atoms with Gasteiger partial charge >= 0.3 is 0 Å². The minimum atomic E-state index is -0.988. The van der Waals surface area contributed by atoms with E-state index in [-0.39, 0.29) is 0 Å². The predicted molar refractivity (Wildman–Crippen MR) is 81.1 cm³/mol. The highest BCUT2D eigenvalue weighted by Gasteiger charge is 2.13. The number of carbonyl (C=O) groups excluding carboxylic acids is 2. The third-order valence-electron chi connectivity index (χ3n) is 2.84. The summed E-state index contributed by atoms with van der Waals surface area (Å²) >= 11 is 11.1. The molecular formula is C14H10Cl2O2Si. The fourth-order valence-corrected chi connectivity index (χ4v) is 4.39. The normalized spacial score (nSPS) is 10.2. The lowest BCUT2D eigenvalue weighted by atomic mass is 10.2. The van der Waals surface area contributed by atoms with E-state index in [1.807, 2.05) is 24.3 Å². The summed E-state index contributed by atoms with van der Waals surface area (Å²) in [5.41, 5.74) is 1.01. The molecule has 0 radical (unpaired) electrons. The summed E-state index contributed by atoms with van der Waals surface area (Å²) in [6.45, 7) is 0. The molecule has 0 bridgehead atoms. The van der Waals surface area contributed by atoms with Gasteiger partial charge in [0.15, 0.2) is 0 Å². The SMILES string of the molecule is O=C(Cl)c1ccccc1[SiH2]c1ccccc1C(=O)Cl. The van der Waals surface area contributed by atoms with Crippen molar-refractivity contribution >= 4 is 53.6 Å². The van der Waals surface area contributed by atoms with Gasteiger partial charge in [0.2, 0.25) is 0 Å². The zero-order valence-corrected chi connectivity index (χ0v) is 12.8. The van der Waals surface area contributed by atoms with Crippen molar-refractivity contribution in [2.24, 2.45) is 0 Å². The molecule has 2 nitrogen and oxygen atoms in total. The average Bonchev–Trinajstić information content (AvgIpc) is 2.39. The lowest BCUT2D eigenvalue weighted by Crippen LogP contribution is -2.33. The summed E-state index contributed by atoms with van der Waals surface area (Å²) in [6, 6.07) is 14.4. The first-order valence-corrected chi connectivity index (χ1v) is 7.82. The highest BCUT2D eigenvalue weighted by atomic mass is 35.5. The van der Waals surface area contributed by atoms with Crippen LogP contribution in [0.3, 0.4) is 0 Å². The van der Waals surface area contributed by atoms with Crippen molar-refractivity contribution in [3.05, 3.63) is 59.7 Å². The maximum atomic E-state index is 11.4. The Kier molecular flexibility index (Phi) is 4.53. The van der Waals surface area contributed by atoms with Crippen LogP contribution in [0.2, 0.25) is 0 Å². The maximum absolute atomic E-state index is 11.4. The summed E-state index contributed by atoms with van der Waals surface area (Å²) in [5, 5.41) is 0.872. The number of benzene rings is 2. The molecule has 19 heavy (non-hydrogen) atoms. The van der Waals surface area contributed by atoms with Gasteiger partial charge < -0.3 is 0 Å². The van der Waals surface area contributed by atoms with Gasteiger partial charge in [-0.05, 0) is 33.6 Å². The van der Waals surface area contributed by atoms with E-state index in [0.717, 1.165) is 10.4 Å². The third-order valence-corrected chi connectivity index (χ3v) is 5.24. The Morgan fingerprint density at radius 3 is 1.47 bits per heavy atom. The Morgan fingerprint density at radius 2 is 1.11 bits per heavy atom. The topological polar surface area (TPSA) is 34.1 Å². The molecule has 0 saturated heterocycles. The van der Waals surface area contributed by atoms with Gasteiger partial charge in [-0.3, -0.25) is 9.59 Å². The molecule has 2 rings (SSSR count). The second-order valence-electron chi connectivity index (χ2n) is 4.04. The fourth-order valence-electron chi connectivity index (χ4n) is 1.94. The van der Waals surface area contributed by atoms with E-state index in [1.54, 1.807) is 24.3 Å². The standard InChI is InChI=1S/C14H10Cl2O2Si/c15-13(17)9-5-1-3-7-11(9)19-12-8-4-2-6-10(12)14(16)18/h1-8H,19H2. The van der Waals surface area contributed by atoms with Crippen molar-refractivity contribution in [3.63, 3.8) is 0 Å². The van der Waals surface area contributed by atoms with Gasteiger partial charge in [-0.1, -0.05) is 48.5 Å². The van der Waals surface area contributed by atoms with E-state index in [9.17, 15) is 9.59 Å². The van der Waals surface area contributed by atoms with Crippen LogP contribution < -0.4 is 10.4 Å². The van der Waals surface area contributed by atoms with E-state index >= 15 is 0 Å². The van der Waals surface area contributed by atoms with Gasteiger partial charge in [-0.25, -0.2) is 0 Å². The molecule has 0 amide bonds. The number of carbonyl (C=O) groups is 2. The quantitative estimate of drug-likeness (QED) is 0.634. The molecule has 2 aromatic rings. The smallest absolute Gasteiger partial charge is 0.252 e. The second kappa shape index (κ2) is 6.15. The zero-order chi connectivity index (χ0) is 13.8. The van der Waals surface area contributed by atoms with Gasteiger partial charge in [-0.15, -0.1) is 0 Å². The van der Waals surface area contributed by atoms with Crippen molar-refractivity contribution in [1.82, 2.24) is 0 Å². The van der Waals surface area contributed by atoms with Gasteiger partial charge in [0.1, 0.15) is 0 Å². The van der Waals surface area contributed by atoms with Crippen LogP contribution in [-0.4, -0.2) is 20.0 Å². The van der Waals surface area contributed by atoms with Crippen molar-refractivity contribution in [3.8, 4) is 0 Å². The molecule has 0 aromatic heterocycles. The molecule has 0 atom stereocenters. The molecule has 96 valence electrons. The zero-order valence-electron chi connectivity index (χ0n) is 9.90. The highest BCUT2D eigenvalue weighted by Crippen LogP contribution is 2.03. The Morgan fingerprint density at radius 1 is 0.737 bits per heavy atom. The molecule has 0 saturated carbocycles. The van der Waals surface area contributed by atoms with Crippen molar-refractivity contribution in [1.29, 1.82) is 0 Å². The molecular weight excluding hydrogens is 299 g/mol. The molecule has 0 aliphatic heterocycles. The van der Waals surface area contributed by atoms with Crippen LogP contribution in [0.1, 0.15) is 20.7 Å². The monoisotopic (exact) mass is 308 g/mol. The molecule has 2 aromatic carbocycles. The minimum Gasteiger partial charge on any atom is -0.276 e. The lowest BCUT2D eigenvalue weighted by Gasteiger charge is -2.08. The first-order valence-electron chi connectivity index (χ1n) is 5.65. The third kappa shape index (κ3) is 3.32. The van der Waals surface area contributed by atoms with Crippen LogP contribution in [-0.2, 0) is 0 Å². The Labute approximate surface area is 123 Å². The summed E-state index contributed by atoms with van der Waals surface area (Å²) in [6.07, 6.45) is 0. The molecule has 0 unspecified atom stereocenters. The predicted octanol–water partition coefficient (Wildman–Crippen LogP) is 1.56. The van der Waals surface area contributed by atoms with Crippen LogP contribution in [0, 0.1) is 0 Å². The second-order valence-corrected chi connectivity index (χ2v) is 6.60. The average molecular weight is 309 g/mol. The highest BCUT2D eigenvalue weighted by molar-refractivity contribution is 6.77. The molecule has 0 heterocycles.